The number of fused-ring (bicyclic) bond motifs is 1. The number of likely N-dealkylation sites (N-methyl/N-ethyl adjacent to an activating group) is 1. The molecule has 3 nitrogen and oxygen atoms in total. The summed E-state index contributed by atoms with van der Waals surface area (Å²) in [6.45, 7) is 4.25. The van der Waals surface area contributed by atoms with Crippen molar-refractivity contribution in [1.29, 1.82) is 0 Å². The lowest BCUT2D eigenvalue weighted by molar-refractivity contribution is 0.0799. The lowest BCUT2D eigenvalue weighted by Crippen LogP contribution is -2.39. The molecule has 3 aliphatic rings. The van der Waals surface area contributed by atoms with Gasteiger partial charge in [-0.1, -0.05) is 12.2 Å². The average Bonchev–Trinajstić information content (AvgIpc) is 2.64. The van der Waals surface area contributed by atoms with Crippen LogP contribution in [-0.2, 0) is 4.74 Å². The molecule has 0 radical (unpaired) electrons. The van der Waals surface area contributed by atoms with Crippen LogP contribution in [0, 0.1) is 5.41 Å². The Hall–Kier alpha value is -0.960. The monoisotopic (exact) mass is 220 g/mol. The van der Waals surface area contributed by atoms with Gasteiger partial charge >= 0.3 is 0 Å². The minimum Gasteiger partial charge on any atom is -0.478 e. The normalized spacial score (nSPS) is 28.5. The molecule has 3 heteroatoms. The van der Waals surface area contributed by atoms with Crippen LogP contribution in [0.1, 0.15) is 12.8 Å². The SMILES string of the molecule is CN1CCC2(CC1)COC1=C2C=CCN1C. The molecule has 0 bridgehead atoms. The highest BCUT2D eigenvalue weighted by Gasteiger charge is 2.44. The number of hydrogen-bond donors (Lipinski definition) is 0. The van der Waals surface area contributed by atoms with E-state index in [-0.39, 0.29) is 0 Å². The summed E-state index contributed by atoms with van der Waals surface area (Å²) in [5, 5.41) is 0. The third kappa shape index (κ3) is 1.38. The van der Waals surface area contributed by atoms with Crippen LogP contribution < -0.4 is 0 Å². The highest BCUT2D eigenvalue weighted by molar-refractivity contribution is 5.36. The highest BCUT2D eigenvalue weighted by Crippen LogP contribution is 2.47. The number of ether oxygens (including phenoxy) is 1. The first-order valence-electron chi connectivity index (χ1n) is 6.15. The molecule has 0 N–H and O–H groups in total. The van der Waals surface area contributed by atoms with Crippen molar-refractivity contribution in [3.05, 3.63) is 23.6 Å². The molecule has 3 aliphatic heterocycles. The van der Waals surface area contributed by atoms with Crippen molar-refractivity contribution in [2.75, 3.05) is 40.3 Å². The van der Waals surface area contributed by atoms with Crippen LogP contribution in [-0.4, -0.2) is 50.1 Å². The molecular weight excluding hydrogens is 200 g/mol. The first kappa shape index (κ1) is 10.2. The van der Waals surface area contributed by atoms with Crippen molar-refractivity contribution in [1.82, 2.24) is 9.80 Å². The van der Waals surface area contributed by atoms with Gasteiger partial charge in [0.2, 0.25) is 0 Å². The van der Waals surface area contributed by atoms with Crippen molar-refractivity contribution in [2.45, 2.75) is 12.8 Å². The Morgan fingerprint density at radius 1 is 1.25 bits per heavy atom. The van der Waals surface area contributed by atoms with Crippen LogP contribution in [0.4, 0.5) is 0 Å². The summed E-state index contributed by atoms with van der Waals surface area (Å²) in [4.78, 5) is 4.64. The van der Waals surface area contributed by atoms with E-state index < -0.39 is 0 Å². The Kier molecular flexibility index (Phi) is 2.25. The number of rotatable bonds is 0. The number of allylic oxidation sites excluding steroid dienone is 1. The quantitative estimate of drug-likeness (QED) is 0.614. The number of hydrogen-bond acceptors (Lipinski definition) is 3. The molecule has 1 saturated heterocycles. The zero-order valence-corrected chi connectivity index (χ0v) is 10.2. The summed E-state index contributed by atoms with van der Waals surface area (Å²) < 4.78 is 5.93. The Labute approximate surface area is 97.4 Å². The van der Waals surface area contributed by atoms with Gasteiger partial charge in [0.15, 0.2) is 5.88 Å². The van der Waals surface area contributed by atoms with Crippen LogP contribution in [0.5, 0.6) is 0 Å². The van der Waals surface area contributed by atoms with Crippen LogP contribution in [0.3, 0.4) is 0 Å². The predicted molar refractivity (Wildman–Crippen MR) is 63.9 cm³/mol. The summed E-state index contributed by atoms with van der Waals surface area (Å²) in [6.07, 6.45) is 7.03. The summed E-state index contributed by atoms with van der Waals surface area (Å²) in [5.41, 5.74) is 1.77. The zero-order valence-electron chi connectivity index (χ0n) is 10.2. The number of nitrogens with zero attached hydrogens (tertiary/aromatic N) is 2. The molecule has 0 amide bonds. The third-order valence-electron chi connectivity index (χ3n) is 4.24. The molecule has 88 valence electrons. The fourth-order valence-electron chi connectivity index (χ4n) is 3.02. The Morgan fingerprint density at radius 2 is 2.00 bits per heavy atom. The minimum absolute atomic E-state index is 0.313. The van der Waals surface area contributed by atoms with E-state index >= 15 is 0 Å². The molecule has 0 unspecified atom stereocenters. The van der Waals surface area contributed by atoms with E-state index in [9.17, 15) is 0 Å². The maximum atomic E-state index is 5.93. The third-order valence-corrected chi connectivity index (χ3v) is 4.24. The maximum Gasteiger partial charge on any atom is 0.193 e. The van der Waals surface area contributed by atoms with E-state index in [1.54, 1.807) is 0 Å². The van der Waals surface area contributed by atoms with E-state index in [4.69, 9.17) is 4.74 Å². The van der Waals surface area contributed by atoms with E-state index in [2.05, 4.69) is 36.0 Å². The van der Waals surface area contributed by atoms with Crippen LogP contribution >= 0.6 is 0 Å². The van der Waals surface area contributed by atoms with Crippen molar-refractivity contribution in [3.63, 3.8) is 0 Å². The van der Waals surface area contributed by atoms with Gasteiger partial charge in [-0.05, 0) is 33.0 Å². The topological polar surface area (TPSA) is 15.7 Å². The zero-order chi connectivity index (χ0) is 11.2. The second kappa shape index (κ2) is 3.52. The number of piperidine rings is 1. The first-order valence-corrected chi connectivity index (χ1v) is 6.15. The van der Waals surface area contributed by atoms with E-state index in [0.717, 1.165) is 19.0 Å². The molecule has 16 heavy (non-hydrogen) atoms. The smallest absolute Gasteiger partial charge is 0.193 e. The van der Waals surface area contributed by atoms with Gasteiger partial charge in [0.1, 0.15) is 0 Å². The van der Waals surface area contributed by atoms with E-state index in [1.807, 2.05) is 0 Å². The van der Waals surface area contributed by atoms with Gasteiger partial charge in [-0.2, -0.15) is 0 Å². The molecule has 0 saturated carbocycles. The lowest BCUT2D eigenvalue weighted by atomic mass is 9.73. The first-order chi connectivity index (χ1) is 7.71. The van der Waals surface area contributed by atoms with Gasteiger partial charge in [0, 0.05) is 24.6 Å². The maximum absolute atomic E-state index is 5.93. The Bertz CT molecular complexity index is 351. The van der Waals surface area contributed by atoms with Crippen molar-refractivity contribution >= 4 is 0 Å². The van der Waals surface area contributed by atoms with Crippen LogP contribution in [0.15, 0.2) is 23.6 Å². The van der Waals surface area contributed by atoms with Gasteiger partial charge in [-0.15, -0.1) is 0 Å². The molecule has 0 aromatic carbocycles. The second-order valence-corrected chi connectivity index (χ2v) is 5.37. The molecular formula is C13H20N2O. The molecule has 0 atom stereocenters. The summed E-state index contributed by atoms with van der Waals surface area (Å²) in [5.74, 6) is 1.13. The second-order valence-electron chi connectivity index (χ2n) is 5.37. The van der Waals surface area contributed by atoms with E-state index in [1.165, 1.54) is 31.5 Å². The highest BCUT2D eigenvalue weighted by atomic mass is 16.5. The van der Waals surface area contributed by atoms with Gasteiger partial charge < -0.3 is 14.5 Å². The summed E-state index contributed by atoms with van der Waals surface area (Å²) >= 11 is 0. The van der Waals surface area contributed by atoms with Crippen molar-refractivity contribution in [3.8, 4) is 0 Å². The molecule has 1 fully saturated rings. The fraction of sp³-hybridized carbons (Fsp3) is 0.692. The minimum atomic E-state index is 0.313. The van der Waals surface area contributed by atoms with Gasteiger partial charge in [-0.25, -0.2) is 0 Å². The van der Waals surface area contributed by atoms with E-state index in [0.29, 0.717) is 5.41 Å². The molecule has 3 rings (SSSR count). The molecule has 0 aromatic rings. The Balaban J connectivity index is 1.90. The molecule has 3 heterocycles. The average molecular weight is 220 g/mol. The predicted octanol–water partition coefficient (Wildman–Crippen LogP) is 1.44. The molecule has 0 aromatic heterocycles. The summed E-state index contributed by atoms with van der Waals surface area (Å²) in [6, 6.07) is 0. The fourth-order valence-corrected chi connectivity index (χ4v) is 3.02. The molecule has 1 spiro atoms. The summed E-state index contributed by atoms with van der Waals surface area (Å²) in [7, 11) is 4.33. The van der Waals surface area contributed by atoms with Crippen LogP contribution in [0.2, 0.25) is 0 Å². The molecule has 0 aliphatic carbocycles. The number of likely N-dealkylation sites (tertiary alicyclic amines) is 1. The van der Waals surface area contributed by atoms with Crippen molar-refractivity contribution < 1.29 is 4.74 Å². The van der Waals surface area contributed by atoms with Gasteiger partial charge in [0.05, 0.1) is 6.61 Å². The lowest BCUT2D eigenvalue weighted by Gasteiger charge is -2.37. The van der Waals surface area contributed by atoms with Gasteiger partial charge in [0.25, 0.3) is 0 Å². The van der Waals surface area contributed by atoms with Crippen LogP contribution in [0.25, 0.3) is 0 Å². The van der Waals surface area contributed by atoms with Crippen molar-refractivity contribution in [2.24, 2.45) is 5.41 Å². The van der Waals surface area contributed by atoms with Gasteiger partial charge in [-0.3, -0.25) is 0 Å². The largest absolute Gasteiger partial charge is 0.478 e. The Morgan fingerprint density at radius 3 is 2.75 bits per heavy atom. The standard InChI is InChI=1S/C13H20N2O/c1-14-8-5-13(6-9-14)10-16-12-11(13)4-3-7-15(12)2/h3-4H,5-10H2,1-2H3.